The van der Waals surface area contributed by atoms with Crippen LogP contribution in [-0.2, 0) is 10.2 Å². The number of aromatic nitrogens is 1. The van der Waals surface area contributed by atoms with Crippen molar-refractivity contribution in [2.45, 2.75) is 45.6 Å². The third-order valence-electron chi connectivity index (χ3n) is 6.51. The molecule has 2 heterocycles. The highest BCUT2D eigenvalue weighted by Gasteiger charge is 2.34. The molecule has 0 saturated heterocycles. The first-order chi connectivity index (χ1) is 15.3. The van der Waals surface area contributed by atoms with Gasteiger partial charge in [-0.1, -0.05) is 81.4 Å². The predicted molar refractivity (Wildman–Crippen MR) is 131 cm³/mol. The van der Waals surface area contributed by atoms with Crippen molar-refractivity contribution in [3.63, 3.8) is 0 Å². The number of nitrogens with zero attached hydrogens (tertiary/aromatic N) is 1. The first-order valence-electron chi connectivity index (χ1n) is 11.1. The molecule has 1 unspecified atom stereocenters. The lowest BCUT2D eigenvalue weighted by Gasteiger charge is -2.22. The van der Waals surface area contributed by atoms with Crippen LogP contribution in [-0.4, -0.2) is 10.4 Å². The van der Waals surface area contributed by atoms with Crippen LogP contribution >= 0.6 is 0 Å². The van der Waals surface area contributed by atoms with Gasteiger partial charge in [0.1, 0.15) is 5.78 Å². The van der Waals surface area contributed by atoms with Crippen LogP contribution in [0.5, 0.6) is 0 Å². The Morgan fingerprint density at radius 3 is 2.28 bits per heavy atom. The molecule has 3 heteroatoms. The molecule has 0 amide bonds. The van der Waals surface area contributed by atoms with Crippen molar-refractivity contribution in [2.75, 3.05) is 0 Å². The minimum atomic E-state index is -0.277. The Bertz CT molecular complexity index is 1420. The van der Waals surface area contributed by atoms with E-state index in [1.54, 1.807) is 6.92 Å². The monoisotopic (exact) mass is 421 g/mol. The number of pyridine rings is 1. The van der Waals surface area contributed by atoms with Gasteiger partial charge >= 0.3 is 0 Å². The molecule has 0 fully saturated rings. The van der Waals surface area contributed by atoms with Crippen LogP contribution in [0.2, 0.25) is 0 Å². The minimum Gasteiger partial charge on any atom is -0.300 e. The van der Waals surface area contributed by atoms with Gasteiger partial charge in [0.2, 0.25) is 0 Å². The van der Waals surface area contributed by atoms with Crippen molar-refractivity contribution >= 4 is 16.6 Å². The summed E-state index contributed by atoms with van der Waals surface area (Å²) in [6.45, 7) is 8.17. The van der Waals surface area contributed by atoms with Gasteiger partial charge in [0.15, 0.2) is 0 Å². The average molecular weight is 422 g/mol. The fourth-order valence-electron chi connectivity index (χ4n) is 4.96. The maximum atomic E-state index is 13.9. The quantitative estimate of drug-likeness (QED) is 0.378. The van der Waals surface area contributed by atoms with Gasteiger partial charge in [0.25, 0.3) is 5.56 Å². The van der Waals surface area contributed by atoms with Gasteiger partial charge in [0.05, 0.1) is 11.7 Å². The summed E-state index contributed by atoms with van der Waals surface area (Å²) in [7, 11) is 0. The van der Waals surface area contributed by atoms with E-state index in [2.05, 4.69) is 57.2 Å². The van der Waals surface area contributed by atoms with Gasteiger partial charge in [-0.25, -0.2) is 0 Å². The molecule has 3 aromatic carbocycles. The van der Waals surface area contributed by atoms with E-state index in [0.29, 0.717) is 11.8 Å². The first kappa shape index (κ1) is 20.4. The highest BCUT2D eigenvalue weighted by atomic mass is 16.1. The second-order valence-electron chi connectivity index (χ2n) is 9.78. The van der Waals surface area contributed by atoms with E-state index in [9.17, 15) is 9.59 Å². The molecule has 0 aliphatic carbocycles. The van der Waals surface area contributed by atoms with Gasteiger partial charge in [-0.05, 0) is 46.5 Å². The lowest BCUT2D eigenvalue weighted by atomic mass is 9.84. The number of hydrogen-bond donors (Lipinski definition) is 0. The Hall–Kier alpha value is -3.46. The van der Waals surface area contributed by atoms with Crippen LogP contribution in [0.3, 0.4) is 0 Å². The summed E-state index contributed by atoms with van der Waals surface area (Å²) in [5.41, 5.74) is 6.26. The van der Waals surface area contributed by atoms with Crippen LogP contribution in [0.1, 0.15) is 51.3 Å². The van der Waals surface area contributed by atoms with E-state index in [4.69, 9.17) is 0 Å². The normalized spacial score (nSPS) is 14.9. The zero-order valence-corrected chi connectivity index (χ0v) is 19.0. The maximum Gasteiger partial charge on any atom is 0.259 e. The molecule has 32 heavy (non-hydrogen) atoms. The topological polar surface area (TPSA) is 39.1 Å². The predicted octanol–water partition coefficient (Wildman–Crippen LogP) is 6.51. The number of fused-ring (bicyclic) bond motifs is 4. The summed E-state index contributed by atoms with van der Waals surface area (Å²) >= 11 is 0. The van der Waals surface area contributed by atoms with Gasteiger partial charge in [-0.15, -0.1) is 0 Å². The molecular formula is C29H27NO2. The Labute approximate surface area is 188 Å². The zero-order valence-electron chi connectivity index (χ0n) is 19.0. The zero-order chi connectivity index (χ0) is 22.6. The van der Waals surface area contributed by atoms with Crippen molar-refractivity contribution in [3.05, 3.63) is 94.3 Å². The molecule has 0 saturated carbocycles. The number of ketones is 1. The third-order valence-corrected chi connectivity index (χ3v) is 6.51. The van der Waals surface area contributed by atoms with Crippen LogP contribution in [0.4, 0.5) is 0 Å². The van der Waals surface area contributed by atoms with Crippen molar-refractivity contribution in [2.24, 2.45) is 0 Å². The SMILES string of the molecule is CC(=O)CC1c2ccccc2-c2c(-c3ccccc3)c3cc(C(C)(C)C)ccc3c(=O)n21. The first-order valence-corrected chi connectivity index (χ1v) is 11.1. The standard InChI is InChI=1S/C29H27NO2/c1-18(31)16-25-21-12-8-9-13-22(21)27-26(19-10-6-5-7-11-19)24-17-20(29(2,3)4)14-15-23(24)28(32)30(25)27/h5-15,17,25H,16H2,1-4H3. The van der Waals surface area contributed by atoms with Gasteiger partial charge in [-0.3, -0.25) is 14.2 Å². The Morgan fingerprint density at radius 2 is 1.59 bits per heavy atom. The number of rotatable bonds is 3. The Morgan fingerprint density at radius 1 is 0.906 bits per heavy atom. The number of hydrogen-bond acceptors (Lipinski definition) is 2. The molecule has 0 radical (unpaired) electrons. The fraction of sp³-hybridized carbons (Fsp3) is 0.241. The molecule has 1 atom stereocenters. The maximum absolute atomic E-state index is 13.9. The van der Waals surface area contributed by atoms with E-state index >= 15 is 0 Å². The fourth-order valence-corrected chi connectivity index (χ4v) is 4.96. The van der Waals surface area contributed by atoms with Crippen LogP contribution in [0.15, 0.2) is 77.6 Å². The molecule has 0 spiro atoms. The van der Waals surface area contributed by atoms with E-state index in [1.165, 1.54) is 5.56 Å². The minimum absolute atomic E-state index is 0.0300. The Balaban J connectivity index is 1.98. The van der Waals surface area contributed by atoms with Gasteiger partial charge in [-0.2, -0.15) is 0 Å². The highest BCUT2D eigenvalue weighted by Crippen LogP contribution is 2.47. The van der Waals surface area contributed by atoms with Gasteiger partial charge < -0.3 is 0 Å². The molecule has 1 aliphatic heterocycles. The molecule has 5 rings (SSSR count). The van der Waals surface area contributed by atoms with E-state index in [0.717, 1.165) is 33.3 Å². The molecule has 160 valence electrons. The van der Waals surface area contributed by atoms with Crippen LogP contribution in [0.25, 0.3) is 33.2 Å². The number of benzene rings is 3. The highest BCUT2D eigenvalue weighted by molar-refractivity contribution is 6.04. The molecular weight excluding hydrogens is 394 g/mol. The lowest BCUT2D eigenvalue weighted by molar-refractivity contribution is -0.117. The summed E-state index contributed by atoms with van der Waals surface area (Å²) in [6, 6.07) is 24.3. The molecule has 3 nitrogen and oxygen atoms in total. The molecule has 1 aliphatic rings. The number of carbonyl (C=O) groups excluding carboxylic acids is 1. The van der Waals surface area contributed by atoms with E-state index in [-0.39, 0.29) is 22.8 Å². The van der Waals surface area contributed by atoms with Crippen molar-refractivity contribution in [1.82, 2.24) is 4.57 Å². The van der Waals surface area contributed by atoms with E-state index < -0.39 is 0 Å². The van der Waals surface area contributed by atoms with Crippen molar-refractivity contribution in [3.8, 4) is 22.4 Å². The van der Waals surface area contributed by atoms with Crippen molar-refractivity contribution in [1.29, 1.82) is 0 Å². The summed E-state index contributed by atoms with van der Waals surface area (Å²) < 4.78 is 1.87. The lowest BCUT2D eigenvalue weighted by Crippen LogP contribution is -2.25. The molecule has 0 bridgehead atoms. The van der Waals surface area contributed by atoms with Gasteiger partial charge in [0, 0.05) is 22.9 Å². The average Bonchev–Trinajstić information content (AvgIpc) is 3.08. The summed E-state index contributed by atoms with van der Waals surface area (Å²) in [5, 5.41) is 1.67. The number of carbonyl (C=O) groups is 1. The summed E-state index contributed by atoms with van der Waals surface area (Å²) in [5.74, 6) is 0.0778. The number of Topliss-reactive ketones (excluding diaryl/α,β-unsaturated/α-hetero) is 1. The van der Waals surface area contributed by atoms with Crippen LogP contribution < -0.4 is 5.56 Å². The van der Waals surface area contributed by atoms with Crippen molar-refractivity contribution < 1.29 is 4.79 Å². The van der Waals surface area contributed by atoms with Crippen LogP contribution in [0, 0.1) is 0 Å². The largest absolute Gasteiger partial charge is 0.300 e. The third kappa shape index (κ3) is 3.12. The molecule has 4 aromatic rings. The summed E-state index contributed by atoms with van der Waals surface area (Å²) in [4.78, 5) is 26.1. The van der Waals surface area contributed by atoms with E-state index in [1.807, 2.05) is 41.0 Å². The molecule has 0 N–H and O–H groups in total. The second-order valence-corrected chi connectivity index (χ2v) is 9.78. The second kappa shape index (κ2) is 7.30. The molecule has 1 aromatic heterocycles. The Kier molecular flexibility index (Phi) is 4.67. The smallest absolute Gasteiger partial charge is 0.259 e. The summed E-state index contributed by atoms with van der Waals surface area (Å²) in [6.07, 6.45) is 0.309.